The van der Waals surface area contributed by atoms with Gasteiger partial charge in [-0.3, -0.25) is 4.90 Å². The highest BCUT2D eigenvalue weighted by atomic mass is 19.1. The average molecular weight is 489 g/mol. The van der Waals surface area contributed by atoms with E-state index in [0.29, 0.717) is 23.9 Å². The number of anilines is 1. The second-order valence-electron chi connectivity index (χ2n) is 9.68. The Kier molecular flexibility index (Phi) is 6.92. The molecular formula is C29H33FN4O2. The van der Waals surface area contributed by atoms with Crippen molar-refractivity contribution >= 4 is 33.6 Å². The highest BCUT2D eigenvalue weighted by Crippen LogP contribution is 2.33. The van der Waals surface area contributed by atoms with Crippen LogP contribution in [-0.4, -0.2) is 47.6 Å². The molecule has 0 amide bonds. The molecule has 0 bridgehead atoms. The smallest absolute Gasteiger partial charge is 0.338 e. The van der Waals surface area contributed by atoms with E-state index < -0.39 is 0 Å². The molecule has 0 spiro atoms. The number of pyridine rings is 1. The van der Waals surface area contributed by atoms with E-state index in [1.807, 2.05) is 31.2 Å². The Morgan fingerprint density at radius 1 is 1.14 bits per heavy atom. The molecule has 1 fully saturated rings. The number of rotatable bonds is 7. The lowest BCUT2D eigenvalue weighted by molar-refractivity contribution is 0.0526. The number of carbonyl (C=O) groups excluding carboxylic acids is 1. The molecule has 2 heterocycles. The summed E-state index contributed by atoms with van der Waals surface area (Å²) in [7, 11) is 3.94. The van der Waals surface area contributed by atoms with Crippen LogP contribution in [0.3, 0.4) is 0 Å². The van der Waals surface area contributed by atoms with Gasteiger partial charge in [0.1, 0.15) is 11.5 Å². The summed E-state index contributed by atoms with van der Waals surface area (Å²) in [6.45, 7) is 2.89. The van der Waals surface area contributed by atoms with Gasteiger partial charge in [0.25, 0.3) is 0 Å². The van der Waals surface area contributed by atoms with E-state index in [9.17, 15) is 9.18 Å². The van der Waals surface area contributed by atoms with Crippen LogP contribution in [0.2, 0.25) is 0 Å². The van der Waals surface area contributed by atoms with Crippen LogP contribution in [0.1, 0.15) is 54.9 Å². The van der Waals surface area contributed by atoms with Crippen molar-refractivity contribution in [2.24, 2.45) is 0 Å². The first kappa shape index (κ1) is 24.3. The van der Waals surface area contributed by atoms with Crippen LogP contribution >= 0.6 is 0 Å². The van der Waals surface area contributed by atoms with Crippen LogP contribution in [0.5, 0.6) is 0 Å². The molecule has 0 radical (unpaired) electrons. The number of aromatic amines is 1. The predicted molar refractivity (Wildman–Crippen MR) is 143 cm³/mol. The summed E-state index contributed by atoms with van der Waals surface area (Å²) in [4.78, 5) is 23.2. The monoisotopic (exact) mass is 488 g/mol. The fraction of sp³-hybridized carbons (Fsp3) is 0.379. The second kappa shape index (κ2) is 10.3. The number of nitrogens with zero attached hydrogens (tertiary/aromatic N) is 2. The van der Waals surface area contributed by atoms with Gasteiger partial charge in [-0.15, -0.1) is 0 Å². The summed E-state index contributed by atoms with van der Waals surface area (Å²) >= 11 is 0. The Morgan fingerprint density at radius 2 is 1.94 bits per heavy atom. The van der Waals surface area contributed by atoms with E-state index in [0.717, 1.165) is 45.3 Å². The van der Waals surface area contributed by atoms with Gasteiger partial charge in [0.15, 0.2) is 0 Å². The molecule has 1 aliphatic carbocycles. The molecule has 1 saturated carbocycles. The first-order valence-electron chi connectivity index (χ1n) is 12.8. The molecular weight excluding hydrogens is 455 g/mol. The van der Waals surface area contributed by atoms with Crippen LogP contribution < -0.4 is 5.32 Å². The molecule has 6 nitrogen and oxygen atoms in total. The minimum Gasteiger partial charge on any atom is -0.462 e. The molecule has 0 unspecified atom stereocenters. The van der Waals surface area contributed by atoms with Crippen molar-refractivity contribution in [3.63, 3.8) is 0 Å². The molecule has 1 aliphatic rings. The minimum absolute atomic E-state index is 0.300. The van der Waals surface area contributed by atoms with Crippen molar-refractivity contribution < 1.29 is 13.9 Å². The summed E-state index contributed by atoms with van der Waals surface area (Å²) in [5.74, 6) is -0.608. The van der Waals surface area contributed by atoms with Gasteiger partial charge in [0, 0.05) is 41.7 Å². The number of hydrogen-bond donors (Lipinski definition) is 2. The fourth-order valence-electron chi connectivity index (χ4n) is 5.38. The van der Waals surface area contributed by atoms with Gasteiger partial charge in [-0.2, -0.15) is 0 Å². The quantitative estimate of drug-likeness (QED) is 0.290. The normalized spacial score (nSPS) is 14.6. The number of hydrogen-bond acceptors (Lipinski definition) is 5. The first-order valence-corrected chi connectivity index (χ1v) is 12.8. The molecule has 0 saturated heterocycles. The maximum Gasteiger partial charge on any atom is 0.338 e. The van der Waals surface area contributed by atoms with Gasteiger partial charge in [0.2, 0.25) is 0 Å². The van der Waals surface area contributed by atoms with Gasteiger partial charge >= 0.3 is 5.97 Å². The van der Waals surface area contributed by atoms with Crippen molar-refractivity contribution in [1.29, 1.82) is 0 Å². The molecule has 2 N–H and O–H groups in total. The third-order valence-electron chi connectivity index (χ3n) is 7.26. The summed E-state index contributed by atoms with van der Waals surface area (Å²) < 4.78 is 19.4. The molecule has 2 aromatic carbocycles. The highest BCUT2D eigenvalue weighted by molar-refractivity contribution is 5.99. The van der Waals surface area contributed by atoms with Gasteiger partial charge < -0.3 is 15.0 Å². The summed E-state index contributed by atoms with van der Waals surface area (Å²) in [5.41, 5.74) is 5.66. The van der Waals surface area contributed by atoms with E-state index >= 15 is 0 Å². The Bertz CT molecular complexity index is 1410. The zero-order chi connectivity index (χ0) is 25.2. The van der Waals surface area contributed by atoms with Crippen molar-refractivity contribution in [2.75, 3.05) is 26.0 Å². The zero-order valence-electron chi connectivity index (χ0n) is 21.2. The van der Waals surface area contributed by atoms with Crippen molar-refractivity contribution in [3.8, 4) is 11.3 Å². The number of ether oxygens (including phenoxy) is 1. The Balaban J connectivity index is 1.57. The molecule has 4 aromatic rings. The van der Waals surface area contributed by atoms with E-state index in [2.05, 4.69) is 28.3 Å². The number of fused-ring (bicyclic) bond motifs is 2. The van der Waals surface area contributed by atoms with Crippen molar-refractivity contribution in [2.45, 2.75) is 51.6 Å². The molecule has 0 aliphatic heterocycles. The third kappa shape index (κ3) is 4.80. The average Bonchev–Trinajstić information content (AvgIpc) is 3.30. The van der Waals surface area contributed by atoms with Crippen molar-refractivity contribution in [1.82, 2.24) is 14.9 Å². The number of esters is 1. The Labute approximate surface area is 210 Å². The number of H-pyrrole nitrogens is 1. The maximum atomic E-state index is 14.1. The molecule has 7 heteroatoms. The van der Waals surface area contributed by atoms with E-state index in [1.165, 1.54) is 44.2 Å². The zero-order valence-corrected chi connectivity index (χ0v) is 21.2. The lowest BCUT2D eigenvalue weighted by Gasteiger charge is -2.31. The van der Waals surface area contributed by atoms with Crippen LogP contribution in [0.15, 0.2) is 42.5 Å². The molecule has 5 rings (SSSR count). The Morgan fingerprint density at radius 3 is 2.69 bits per heavy atom. The number of aromatic nitrogens is 2. The van der Waals surface area contributed by atoms with Crippen LogP contribution in [-0.2, 0) is 11.3 Å². The molecule has 188 valence electrons. The summed E-state index contributed by atoms with van der Waals surface area (Å²) in [6, 6.07) is 13.3. The minimum atomic E-state index is -0.309. The van der Waals surface area contributed by atoms with E-state index in [-0.39, 0.29) is 11.8 Å². The number of halogens is 1. The van der Waals surface area contributed by atoms with Gasteiger partial charge in [-0.25, -0.2) is 14.2 Å². The van der Waals surface area contributed by atoms with E-state index in [4.69, 9.17) is 9.72 Å². The Hall–Kier alpha value is -3.45. The van der Waals surface area contributed by atoms with Crippen molar-refractivity contribution in [3.05, 3.63) is 59.4 Å². The molecule has 2 aromatic heterocycles. The predicted octanol–water partition coefficient (Wildman–Crippen LogP) is 6.51. The highest BCUT2D eigenvalue weighted by Gasteiger charge is 2.21. The number of carbonyl (C=O) groups is 1. The SMILES string of the molecule is CCOC(=O)c1ccc(-c2cc3cc4cc(F)cc(NC)c4nc3[nH]2)c(CN(C)C2CCCCC2)c1. The fourth-order valence-corrected chi connectivity index (χ4v) is 5.38. The molecule has 36 heavy (non-hydrogen) atoms. The van der Waals surface area contributed by atoms with Crippen LogP contribution in [0.25, 0.3) is 33.2 Å². The van der Waals surface area contributed by atoms with Gasteiger partial charge in [-0.1, -0.05) is 25.3 Å². The van der Waals surface area contributed by atoms with E-state index in [1.54, 1.807) is 7.05 Å². The topological polar surface area (TPSA) is 70.2 Å². The summed E-state index contributed by atoms with van der Waals surface area (Å²) in [5, 5.41) is 4.69. The third-order valence-corrected chi connectivity index (χ3v) is 7.26. The van der Waals surface area contributed by atoms with Crippen LogP contribution in [0, 0.1) is 5.82 Å². The molecule has 0 atom stereocenters. The maximum absolute atomic E-state index is 14.1. The second-order valence-corrected chi connectivity index (χ2v) is 9.68. The lowest BCUT2D eigenvalue weighted by Crippen LogP contribution is -2.33. The van der Waals surface area contributed by atoms with Gasteiger partial charge in [-0.05, 0) is 68.8 Å². The van der Waals surface area contributed by atoms with Crippen LogP contribution in [0.4, 0.5) is 10.1 Å². The number of benzene rings is 2. The standard InChI is InChI=1S/C29H33FN4O2/c1-4-36-29(35)18-10-11-24(21(12-18)17-34(3)23-8-6-5-7-9-23)25-15-20-13-19-14-22(30)16-26(31-2)27(19)33-28(20)32-25/h10-16,23,31H,4-9,17H2,1-3H3,(H,32,33). The first-order chi connectivity index (χ1) is 17.5. The number of nitrogens with one attached hydrogen (secondary N) is 2. The lowest BCUT2D eigenvalue weighted by atomic mass is 9.93. The van der Waals surface area contributed by atoms with Gasteiger partial charge in [0.05, 0.1) is 23.4 Å². The summed E-state index contributed by atoms with van der Waals surface area (Å²) in [6.07, 6.45) is 6.25. The largest absolute Gasteiger partial charge is 0.462 e.